The lowest BCUT2D eigenvalue weighted by Crippen LogP contribution is -2.15. The summed E-state index contributed by atoms with van der Waals surface area (Å²) in [4.78, 5) is 4.45. The second-order valence-corrected chi connectivity index (χ2v) is 4.63. The summed E-state index contributed by atoms with van der Waals surface area (Å²) in [5.74, 6) is 0. The molecule has 0 radical (unpaired) electrons. The molecule has 15 heavy (non-hydrogen) atoms. The predicted octanol–water partition coefficient (Wildman–Crippen LogP) is 1.55. The number of benzene rings is 1. The molecule has 1 aromatic carbocycles. The lowest BCUT2D eigenvalue weighted by molar-refractivity contribution is 0.167. The Morgan fingerprint density at radius 2 is 2.20 bits per heavy atom. The van der Waals surface area contributed by atoms with Crippen molar-refractivity contribution < 1.29 is 5.11 Å². The first-order valence-corrected chi connectivity index (χ1v) is 5.84. The van der Waals surface area contributed by atoms with E-state index in [0.29, 0.717) is 19.4 Å². The van der Waals surface area contributed by atoms with Crippen molar-refractivity contribution in [1.82, 2.24) is 4.98 Å². The molecule has 2 aromatic rings. The first kappa shape index (κ1) is 10.5. The molecule has 0 bridgehead atoms. The van der Waals surface area contributed by atoms with Crippen LogP contribution >= 0.6 is 11.3 Å². The average Bonchev–Trinajstić information content (AvgIpc) is 2.59. The van der Waals surface area contributed by atoms with Gasteiger partial charge in [-0.25, -0.2) is 4.98 Å². The summed E-state index contributed by atoms with van der Waals surface area (Å²) in [5.41, 5.74) is 6.39. The number of hydrogen-bond donors (Lipinski definition) is 2. The largest absolute Gasteiger partial charge is 0.393 e. The minimum absolute atomic E-state index is 0.365. The monoisotopic (exact) mass is 222 g/mol. The summed E-state index contributed by atoms with van der Waals surface area (Å²) in [6.07, 6.45) is 0.877. The van der Waals surface area contributed by atoms with Crippen LogP contribution in [0.1, 0.15) is 11.4 Å². The van der Waals surface area contributed by atoms with Crippen LogP contribution in [0.2, 0.25) is 0 Å². The molecule has 1 atom stereocenters. The summed E-state index contributed by atoms with van der Waals surface area (Å²) in [5, 5.41) is 10.6. The quantitative estimate of drug-likeness (QED) is 0.825. The Morgan fingerprint density at radius 1 is 1.40 bits per heavy atom. The van der Waals surface area contributed by atoms with E-state index < -0.39 is 0 Å². The van der Waals surface area contributed by atoms with Crippen LogP contribution in [0, 0.1) is 0 Å². The molecule has 0 aliphatic rings. The Morgan fingerprint density at radius 3 is 2.93 bits per heavy atom. The van der Waals surface area contributed by atoms with Crippen molar-refractivity contribution >= 4 is 21.6 Å². The molecule has 0 saturated carbocycles. The van der Waals surface area contributed by atoms with Gasteiger partial charge in [-0.05, 0) is 25.1 Å². The summed E-state index contributed by atoms with van der Waals surface area (Å²) < 4.78 is 1.17. The number of para-hydroxylation sites is 1. The van der Waals surface area contributed by atoms with Crippen LogP contribution in [-0.4, -0.2) is 22.7 Å². The zero-order valence-electron chi connectivity index (χ0n) is 8.39. The number of nitrogens with zero attached hydrogens (tertiary/aromatic N) is 1. The fraction of sp³-hybridized carbons (Fsp3) is 0.364. The molecule has 3 nitrogen and oxygen atoms in total. The third-order valence-electron chi connectivity index (χ3n) is 2.25. The molecule has 3 N–H and O–H groups in total. The van der Waals surface area contributed by atoms with Gasteiger partial charge in [0, 0.05) is 6.42 Å². The Labute approximate surface area is 92.6 Å². The SMILES string of the molecule is NCCC(O)Cc1nc2ccccc2s1. The van der Waals surface area contributed by atoms with Gasteiger partial charge in [-0.1, -0.05) is 12.1 Å². The molecular weight excluding hydrogens is 208 g/mol. The van der Waals surface area contributed by atoms with Crippen LogP contribution in [0.5, 0.6) is 0 Å². The van der Waals surface area contributed by atoms with Gasteiger partial charge in [-0.15, -0.1) is 11.3 Å². The normalized spacial score (nSPS) is 13.2. The fourth-order valence-corrected chi connectivity index (χ4v) is 2.54. The molecule has 1 aromatic heterocycles. The number of aliphatic hydroxyl groups excluding tert-OH is 1. The zero-order chi connectivity index (χ0) is 10.7. The van der Waals surface area contributed by atoms with Gasteiger partial charge in [-0.2, -0.15) is 0 Å². The van der Waals surface area contributed by atoms with Crippen molar-refractivity contribution in [2.75, 3.05) is 6.54 Å². The molecule has 0 amide bonds. The summed E-state index contributed by atoms with van der Waals surface area (Å²) >= 11 is 1.64. The van der Waals surface area contributed by atoms with E-state index >= 15 is 0 Å². The maximum absolute atomic E-state index is 9.61. The molecule has 0 spiro atoms. The zero-order valence-corrected chi connectivity index (χ0v) is 9.20. The Bertz CT molecular complexity index is 408. The van der Waals surface area contributed by atoms with Crippen LogP contribution in [0.25, 0.3) is 10.2 Å². The lowest BCUT2D eigenvalue weighted by atomic mass is 10.2. The predicted molar refractivity (Wildman–Crippen MR) is 63.0 cm³/mol. The first-order valence-electron chi connectivity index (χ1n) is 5.02. The molecule has 0 aliphatic carbocycles. The van der Waals surface area contributed by atoms with Crippen LogP contribution in [0.3, 0.4) is 0 Å². The van der Waals surface area contributed by atoms with Crippen LogP contribution in [0.4, 0.5) is 0 Å². The number of fused-ring (bicyclic) bond motifs is 1. The van der Waals surface area contributed by atoms with E-state index in [0.717, 1.165) is 10.5 Å². The third-order valence-corrected chi connectivity index (χ3v) is 3.31. The summed E-state index contributed by atoms with van der Waals surface area (Å²) in [6, 6.07) is 8.01. The Hall–Kier alpha value is -0.970. The molecular formula is C11H14N2OS. The third kappa shape index (κ3) is 2.53. The smallest absolute Gasteiger partial charge is 0.0964 e. The minimum atomic E-state index is -0.365. The van der Waals surface area contributed by atoms with Crippen molar-refractivity contribution in [3.8, 4) is 0 Å². The highest BCUT2D eigenvalue weighted by Gasteiger charge is 2.08. The minimum Gasteiger partial charge on any atom is -0.393 e. The van der Waals surface area contributed by atoms with E-state index in [1.165, 1.54) is 4.70 Å². The lowest BCUT2D eigenvalue weighted by Gasteiger charge is -2.05. The highest BCUT2D eigenvalue weighted by Crippen LogP contribution is 2.22. The van der Waals surface area contributed by atoms with Gasteiger partial charge in [0.15, 0.2) is 0 Å². The van der Waals surface area contributed by atoms with Gasteiger partial charge in [0.1, 0.15) is 0 Å². The number of thiazole rings is 1. The summed E-state index contributed by atoms with van der Waals surface area (Å²) in [6.45, 7) is 0.520. The molecule has 0 saturated heterocycles. The van der Waals surface area contributed by atoms with Gasteiger partial charge >= 0.3 is 0 Å². The number of aromatic nitrogens is 1. The van der Waals surface area contributed by atoms with E-state index in [4.69, 9.17) is 5.73 Å². The molecule has 80 valence electrons. The fourth-order valence-electron chi connectivity index (χ4n) is 1.50. The first-order chi connectivity index (χ1) is 7.29. The maximum atomic E-state index is 9.61. The van der Waals surface area contributed by atoms with E-state index in [-0.39, 0.29) is 6.10 Å². The molecule has 0 fully saturated rings. The van der Waals surface area contributed by atoms with Gasteiger partial charge in [0.05, 0.1) is 21.3 Å². The molecule has 1 unspecified atom stereocenters. The molecule has 2 rings (SSSR count). The van der Waals surface area contributed by atoms with Crippen molar-refractivity contribution in [2.45, 2.75) is 18.9 Å². The highest BCUT2D eigenvalue weighted by molar-refractivity contribution is 7.18. The Balaban J connectivity index is 2.15. The van der Waals surface area contributed by atoms with Crippen molar-refractivity contribution in [3.63, 3.8) is 0 Å². The van der Waals surface area contributed by atoms with Gasteiger partial charge < -0.3 is 10.8 Å². The Kier molecular flexibility index (Phi) is 3.30. The molecule has 4 heteroatoms. The maximum Gasteiger partial charge on any atom is 0.0964 e. The molecule has 0 aliphatic heterocycles. The van der Waals surface area contributed by atoms with Crippen LogP contribution in [-0.2, 0) is 6.42 Å². The van der Waals surface area contributed by atoms with Gasteiger partial charge in [0.25, 0.3) is 0 Å². The average molecular weight is 222 g/mol. The number of hydrogen-bond acceptors (Lipinski definition) is 4. The number of rotatable bonds is 4. The van der Waals surface area contributed by atoms with E-state index in [1.54, 1.807) is 11.3 Å². The van der Waals surface area contributed by atoms with Crippen molar-refractivity contribution in [1.29, 1.82) is 0 Å². The topological polar surface area (TPSA) is 59.1 Å². The molecule has 1 heterocycles. The van der Waals surface area contributed by atoms with E-state index in [1.807, 2.05) is 24.3 Å². The van der Waals surface area contributed by atoms with Crippen LogP contribution in [0.15, 0.2) is 24.3 Å². The van der Waals surface area contributed by atoms with Crippen LogP contribution < -0.4 is 5.73 Å². The second-order valence-electron chi connectivity index (χ2n) is 3.51. The van der Waals surface area contributed by atoms with Gasteiger partial charge in [-0.3, -0.25) is 0 Å². The summed E-state index contributed by atoms with van der Waals surface area (Å²) in [7, 11) is 0. The van der Waals surface area contributed by atoms with E-state index in [2.05, 4.69) is 4.98 Å². The standard InChI is InChI=1S/C11H14N2OS/c12-6-5-8(14)7-11-13-9-3-1-2-4-10(9)15-11/h1-4,8,14H,5-7,12H2. The van der Waals surface area contributed by atoms with Crippen molar-refractivity contribution in [3.05, 3.63) is 29.3 Å². The van der Waals surface area contributed by atoms with Gasteiger partial charge in [0.2, 0.25) is 0 Å². The van der Waals surface area contributed by atoms with Crippen molar-refractivity contribution in [2.24, 2.45) is 5.73 Å². The highest BCUT2D eigenvalue weighted by atomic mass is 32.1. The number of nitrogens with two attached hydrogens (primary N) is 1. The van der Waals surface area contributed by atoms with E-state index in [9.17, 15) is 5.11 Å². The second kappa shape index (κ2) is 4.70. The number of aliphatic hydroxyl groups is 1.